The molecule has 0 spiro atoms. The number of rotatable bonds is 3. The molecule has 27 heavy (non-hydrogen) atoms. The molecule has 150 valence electrons. The van der Waals surface area contributed by atoms with E-state index in [2.05, 4.69) is 4.98 Å². The number of halogens is 3. The number of ketones is 1. The van der Waals surface area contributed by atoms with E-state index in [0.717, 1.165) is 6.07 Å². The standard InChI is InChI=1S/C18H24F3N3O3/c1-12-10-23(8-9-24(12)16(26)27-17(2,3)4)11-14(25)13-6-5-7-15(22-13)18(19,20)21/h5-7,12H,8-11H2,1-4H3/t12-/m1/s1. The van der Waals surface area contributed by atoms with Crippen LogP contribution in [0.25, 0.3) is 0 Å². The number of Topliss-reactive ketones (excluding diaryl/α,β-unsaturated/α-hetero) is 1. The number of nitrogens with zero attached hydrogens (tertiary/aromatic N) is 3. The summed E-state index contributed by atoms with van der Waals surface area (Å²) in [5.74, 6) is -0.487. The second kappa shape index (κ2) is 7.84. The first-order valence-corrected chi connectivity index (χ1v) is 8.66. The van der Waals surface area contributed by atoms with Crippen LogP contribution in [-0.4, -0.2) is 64.5 Å². The Balaban J connectivity index is 1.96. The van der Waals surface area contributed by atoms with Gasteiger partial charge in [0, 0.05) is 25.7 Å². The third-order valence-electron chi connectivity index (χ3n) is 4.03. The van der Waals surface area contributed by atoms with Crippen molar-refractivity contribution in [3.63, 3.8) is 0 Å². The van der Waals surface area contributed by atoms with E-state index in [1.807, 2.05) is 6.92 Å². The number of carbonyl (C=O) groups is 2. The van der Waals surface area contributed by atoms with Crippen LogP contribution in [0.2, 0.25) is 0 Å². The maximum absolute atomic E-state index is 12.7. The number of piperazine rings is 1. The van der Waals surface area contributed by atoms with Crippen molar-refractivity contribution in [3.8, 4) is 0 Å². The van der Waals surface area contributed by atoms with Crippen molar-refractivity contribution >= 4 is 11.9 Å². The Morgan fingerprint density at radius 1 is 1.22 bits per heavy atom. The Labute approximate surface area is 156 Å². The molecule has 6 nitrogen and oxygen atoms in total. The van der Waals surface area contributed by atoms with E-state index in [1.165, 1.54) is 12.1 Å². The number of alkyl halides is 3. The lowest BCUT2D eigenvalue weighted by Crippen LogP contribution is -2.55. The molecule has 1 saturated heterocycles. The van der Waals surface area contributed by atoms with E-state index in [9.17, 15) is 22.8 Å². The number of amides is 1. The summed E-state index contributed by atoms with van der Waals surface area (Å²) in [5, 5.41) is 0. The summed E-state index contributed by atoms with van der Waals surface area (Å²) in [6.45, 7) is 8.35. The van der Waals surface area contributed by atoms with Crippen molar-refractivity contribution in [1.29, 1.82) is 0 Å². The average Bonchev–Trinajstić information content (AvgIpc) is 2.52. The zero-order chi connectivity index (χ0) is 20.4. The zero-order valence-electron chi connectivity index (χ0n) is 15.8. The predicted molar refractivity (Wildman–Crippen MR) is 92.4 cm³/mol. The third-order valence-corrected chi connectivity index (χ3v) is 4.03. The Morgan fingerprint density at radius 3 is 2.44 bits per heavy atom. The summed E-state index contributed by atoms with van der Waals surface area (Å²) >= 11 is 0. The fraction of sp³-hybridized carbons (Fsp3) is 0.611. The lowest BCUT2D eigenvalue weighted by molar-refractivity contribution is -0.141. The second-order valence-corrected chi connectivity index (χ2v) is 7.59. The van der Waals surface area contributed by atoms with Gasteiger partial charge in [-0.05, 0) is 39.8 Å². The van der Waals surface area contributed by atoms with Crippen LogP contribution in [0.1, 0.15) is 43.9 Å². The molecule has 1 atom stereocenters. The average molecular weight is 387 g/mol. The molecule has 0 saturated carbocycles. The molecule has 0 unspecified atom stereocenters. The molecule has 1 aromatic rings. The molecule has 2 heterocycles. The predicted octanol–water partition coefficient (Wildman–Crippen LogP) is 3.22. The highest BCUT2D eigenvalue weighted by molar-refractivity contribution is 5.95. The minimum Gasteiger partial charge on any atom is -0.444 e. The molecule has 0 bridgehead atoms. The molecule has 0 radical (unpaired) electrons. The van der Waals surface area contributed by atoms with Crippen molar-refractivity contribution in [2.75, 3.05) is 26.2 Å². The van der Waals surface area contributed by atoms with E-state index < -0.39 is 29.3 Å². The molecule has 0 aromatic carbocycles. The Morgan fingerprint density at radius 2 is 1.89 bits per heavy atom. The van der Waals surface area contributed by atoms with Crippen LogP contribution in [0.5, 0.6) is 0 Å². The molecular weight excluding hydrogens is 363 g/mol. The number of ether oxygens (including phenoxy) is 1. The van der Waals surface area contributed by atoms with Gasteiger partial charge in [0.05, 0.1) is 6.54 Å². The lowest BCUT2D eigenvalue weighted by Gasteiger charge is -2.39. The summed E-state index contributed by atoms with van der Waals surface area (Å²) in [5.41, 5.74) is -1.90. The Kier molecular flexibility index (Phi) is 6.14. The number of hydrogen-bond donors (Lipinski definition) is 0. The van der Waals surface area contributed by atoms with E-state index in [-0.39, 0.29) is 18.3 Å². The third kappa shape index (κ3) is 5.92. The Hall–Kier alpha value is -2.16. The number of pyridine rings is 1. The van der Waals surface area contributed by atoms with Gasteiger partial charge in [0.15, 0.2) is 5.78 Å². The van der Waals surface area contributed by atoms with E-state index >= 15 is 0 Å². The van der Waals surface area contributed by atoms with Gasteiger partial charge in [-0.15, -0.1) is 0 Å². The summed E-state index contributed by atoms with van der Waals surface area (Å²) < 4.78 is 43.6. The summed E-state index contributed by atoms with van der Waals surface area (Å²) in [6, 6.07) is 3.10. The molecule has 1 aromatic heterocycles. The van der Waals surface area contributed by atoms with Crippen molar-refractivity contribution in [2.24, 2.45) is 0 Å². The van der Waals surface area contributed by atoms with Gasteiger partial charge in [0.2, 0.25) is 0 Å². The first-order valence-electron chi connectivity index (χ1n) is 8.66. The van der Waals surface area contributed by atoms with E-state index in [0.29, 0.717) is 19.6 Å². The van der Waals surface area contributed by atoms with Gasteiger partial charge in [-0.1, -0.05) is 6.07 Å². The largest absolute Gasteiger partial charge is 0.444 e. The number of carbonyl (C=O) groups excluding carboxylic acids is 2. The maximum Gasteiger partial charge on any atom is 0.433 e. The monoisotopic (exact) mass is 387 g/mol. The van der Waals surface area contributed by atoms with Crippen LogP contribution in [0.4, 0.5) is 18.0 Å². The fourth-order valence-electron chi connectivity index (χ4n) is 2.80. The van der Waals surface area contributed by atoms with E-state index in [1.54, 1.807) is 30.6 Å². The molecule has 0 aliphatic carbocycles. The molecule has 1 fully saturated rings. The quantitative estimate of drug-likeness (QED) is 0.746. The smallest absolute Gasteiger partial charge is 0.433 e. The lowest BCUT2D eigenvalue weighted by atomic mass is 10.1. The Bertz CT molecular complexity index is 701. The SMILES string of the molecule is C[C@@H]1CN(CC(=O)c2cccc(C(F)(F)F)n2)CCN1C(=O)OC(C)(C)C. The van der Waals surface area contributed by atoms with Gasteiger partial charge < -0.3 is 9.64 Å². The van der Waals surface area contributed by atoms with E-state index in [4.69, 9.17) is 4.74 Å². The van der Waals surface area contributed by atoms with Crippen LogP contribution < -0.4 is 0 Å². The summed E-state index contributed by atoms with van der Waals surface area (Å²) in [6.07, 6.45) is -5.01. The van der Waals surface area contributed by atoms with Crippen molar-refractivity contribution in [2.45, 2.75) is 45.5 Å². The van der Waals surface area contributed by atoms with Crippen LogP contribution in [0.3, 0.4) is 0 Å². The second-order valence-electron chi connectivity index (χ2n) is 7.59. The maximum atomic E-state index is 12.7. The van der Waals surface area contributed by atoms with Crippen molar-refractivity contribution in [1.82, 2.24) is 14.8 Å². The van der Waals surface area contributed by atoms with Crippen LogP contribution in [0, 0.1) is 0 Å². The minimum absolute atomic E-state index is 0.0548. The van der Waals surface area contributed by atoms with Gasteiger partial charge in [-0.3, -0.25) is 9.69 Å². The summed E-state index contributed by atoms with van der Waals surface area (Å²) in [7, 11) is 0. The van der Waals surface area contributed by atoms with Crippen molar-refractivity contribution in [3.05, 3.63) is 29.6 Å². The van der Waals surface area contributed by atoms with Gasteiger partial charge >= 0.3 is 12.3 Å². The first kappa shape index (κ1) is 21.1. The molecular formula is C18H24F3N3O3. The normalized spacial score (nSPS) is 19.1. The van der Waals surface area contributed by atoms with Gasteiger partial charge in [0.25, 0.3) is 0 Å². The van der Waals surface area contributed by atoms with Crippen LogP contribution in [0.15, 0.2) is 18.2 Å². The highest BCUT2D eigenvalue weighted by Crippen LogP contribution is 2.27. The summed E-state index contributed by atoms with van der Waals surface area (Å²) in [4.78, 5) is 31.4. The number of aromatic nitrogens is 1. The molecule has 1 aliphatic rings. The first-order chi connectivity index (χ1) is 12.4. The van der Waals surface area contributed by atoms with Gasteiger partial charge in [-0.25, -0.2) is 9.78 Å². The number of hydrogen-bond acceptors (Lipinski definition) is 5. The molecule has 9 heteroatoms. The zero-order valence-corrected chi connectivity index (χ0v) is 15.8. The molecule has 1 amide bonds. The minimum atomic E-state index is -4.59. The van der Waals surface area contributed by atoms with Gasteiger partial charge in [0.1, 0.15) is 17.0 Å². The molecule has 1 aliphatic heterocycles. The topological polar surface area (TPSA) is 62.7 Å². The molecule has 2 rings (SSSR count). The van der Waals surface area contributed by atoms with Crippen LogP contribution >= 0.6 is 0 Å². The van der Waals surface area contributed by atoms with Gasteiger partial charge in [-0.2, -0.15) is 13.2 Å². The fourth-order valence-corrected chi connectivity index (χ4v) is 2.80. The van der Waals surface area contributed by atoms with Crippen LogP contribution in [-0.2, 0) is 10.9 Å². The highest BCUT2D eigenvalue weighted by Gasteiger charge is 2.34. The highest BCUT2D eigenvalue weighted by atomic mass is 19.4. The molecule has 0 N–H and O–H groups in total. The van der Waals surface area contributed by atoms with Crippen molar-refractivity contribution < 1.29 is 27.5 Å².